The first kappa shape index (κ1) is 14.6. The van der Waals surface area contributed by atoms with E-state index in [0.717, 1.165) is 12.3 Å². The molecule has 0 bridgehead atoms. The number of nitrogens with zero attached hydrogens (tertiary/aromatic N) is 3. The molecule has 2 aromatic rings. The molecule has 0 aromatic carbocycles. The van der Waals surface area contributed by atoms with Gasteiger partial charge in [-0.1, -0.05) is 0 Å². The second kappa shape index (κ2) is 6.28. The van der Waals surface area contributed by atoms with Crippen molar-refractivity contribution in [2.75, 3.05) is 18.8 Å². The normalized spacial score (nSPS) is 23.7. The van der Waals surface area contributed by atoms with Crippen molar-refractivity contribution in [3.63, 3.8) is 0 Å². The number of thioether (sulfide) groups is 1. The zero-order chi connectivity index (χ0) is 14.8. The number of hydrogen-bond acceptors (Lipinski definition) is 6. The molecule has 2 aliphatic heterocycles. The van der Waals surface area contributed by atoms with E-state index in [-0.39, 0.29) is 0 Å². The average Bonchev–Trinajstić information content (AvgIpc) is 3.16. The fourth-order valence-corrected chi connectivity index (χ4v) is 5.49. The van der Waals surface area contributed by atoms with Gasteiger partial charge < -0.3 is 4.74 Å². The van der Waals surface area contributed by atoms with E-state index in [1.165, 1.54) is 30.1 Å². The molecule has 0 saturated carbocycles. The van der Waals surface area contributed by atoms with E-state index < -0.39 is 0 Å². The van der Waals surface area contributed by atoms with Crippen LogP contribution in [0.2, 0.25) is 0 Å². The minimum Gasteiger partial charge on any atom is -0.373 e. The molecule has 0 unspecified atom stereocenters. The maximum Gasteiger partial charge on any atom is 0.107 e. The Kier molecular flexibility index (Phi) is 4.17. The minimum atomic E-state index is 0.389. The summed E-state index contributed by atoms with van der Waals surface area (Å²) in [6.07, 6.45) is 7.11. The van der Waals surface area contributed by atoms with Gasteiger partial charge in [0.2, 0.25) is 0 Å². The van der Waals surface area contributed by atoms with E-state index in [1.807, 2.05) is 30.7 Å². The van der Waals surface area contributed by atoms with Gasteiger partial charge in [0, 0.05) is 47.6 Å². The molecule has 0 radical (unpaired) electrons. The summed E-state index contributed by atoms with van der Waals surface area (Å²) >= 11 is 3.84. The molecule has 22 heavy (non-hydrogen) atoms. The van der Waals surface area contributed by atoms with Crippen molar-refractivity contribution >= 4 is 23.1 Å². The second-order valence-corrected chi connectivity index (χ2v) is 8.52. The molecule has 116 valence electrons. The van der Waals surface area contributed by atoms with Gasteiger partial charge in [-0.05, 0) is 24.1 Å². The quantitative estimate of drug-likeness (QED) is 0.841. The second-order valence-electron chi connectivity index (χ2n) is 6.06. The van der Waals surface area contributed by atoms with Gasteiger partial charge in [0.15, 0.2) is 0 Å². The van der Waals surface area contributed by atoms with Crippen LogP contribution < -0.4 is 0 Å². The van der Waals surface area contributed by atoms with Crippen LogP contribution in [0.15, 0.2) is 36.1 Å². The highest BCUT2D eigenvalue weighted by atomic mass is 32.2. The van der Waals surface area contributed by atoms with Crippen molar-refractivity contribution in [1.29, 1.82) is 0 Å². The Hall–Kier alpha value is -0.950. The monoisotopic (exact) mass is 333 g/mol. The number of aromatic nitrogens is 2. The van der Waals surface area contributed by atoms with Crippen molar-refractivity contribution in [2.24, 2.45) is 0 Å². The van der Waals surface area contributed by atoms with Crippen molar-refractivity contribution in [1.82, 2.24) is 14.9 Å². The fourth-order valence-electron chi connectivity index (χ4n) is 3.23. The number of likely N-dealkylation sites (tertiary alicyclic amines) is 1. The average molecular weight is 333 g/mol. The van der Waals surface area contributed by atoms with Crippen molar-refractivity contribution < 1.29 is 4.74 Å². The molecule has 2 fully saturated rings. The predicted molar refractivity (Wildman–Crippen MR) is 90.0 cm³/mol. The molecule has 2 saturated heterocycles. The standard InChI is InChI=1S/C16H19N3OS2/c1-3-17-4-2-13(1)9-20-14-7-16(22-10-14)11-19(12-16)8-15-18-5-6-21-15/h1-6,14H,7-12H2/t14-/m1/s1. The number of ether oxygens (including phenoxy) is 1. The zero-order valence-electron chi connectivity index (χ0n) is 12.4. The SMILES string of the molecule is c1cc(CO[C@H]2CSC3(C2)CN(Cc2nccs2)C3)ccn1. The summed E-state index contributed by atoms with van der Waals surface area (Å²) in [6, 6.07) is 4.05. The molecular weight excluding hydrogens is 314 g/mol. The van der Waals surface area contributed by atoms with E-state index in [4.69, 9.17) is 4.74 Å². The van der Waals surface area contributed by atoms with E-state index in [0.29, 0.717) is 17.5 Å². The molecule has 2 aliphatic rings. The Labute approximate surface area is 138 Å². The lowest BCUT2D eigenvalue weighted by Gasteiger charge is -2.47. The van der Waals surface area contributed by atoms with Crippen LogP contribution in [0.4, 0.5) is 0 Å². The van der Waals surface area contributed by atoms with Crippen molar-refractivity contribution in [3.8, 4) is 0 Å². The van der Waals surface area contributed by atoms with Gasteiger partial charge in [-0.2, -0.15) is 0 Å². The van der Waals surface area contributed by atoms with E-state index in [2.05, 4.69) is 32.0 Å². The largest absolute Gasteiger partial charge is 0.373 e. The fraction of sp³-hybridized carbons (Fsp3) is 0.500. The third-order valence-electron chi connectivity index (χ3n) is 4.28. The third kappa shape index (κ3) is 3.20. The van der Waals surface area contributed by atoms with Gasteiger partial charge in [0.1, 0.15) is 5.01 Å². The summed E-state index contributed by atoms with van der Waals surface area (Å²) in [5.41, 5.74) is 1.21. The maximum absolute atomic E-state index is 6.08. The summed E-state index contributed by atoms with van der Waals surface area (Å²) in [6.45, 7) is 4.05. The molecule has 1 spiro atoms. The Balaban J connectivity index is 1.23. The van der Waals surface area contributed by atoms with Crippen LogP contribution in [0.3, 0.4) is 0 Å². The highest BCUT2D eigenvalue weighted by molar-refractivity contribution is 8.01. The Bertz CT molecular complexity index is 599. The van der Waals surface area contributed by atoms with Crippen LogP contribution in [0.1, 0.15) is 17.0 Å². The Morgan fingerprint density at radius 3 is 2.91 bits per heavy atom. The molecule has 1 atom stereocenters. The predicted octanol–water partition coefficient (Wildman–Crippen LogP) is 2.81. The summed E-state index contributed by atoms with van der Waals surface area (Å²) < 4.78 is 6.51. The van der Waals surface area contributed by atoms with Crippen LogP contribution in [-0.2, 0) is 17.9 Å². The summed E-state index contributed by atoms with van der Waals surface area (Å²) in [7, 11) is 0. The number of pyridine rings is 1. The van der Waals surface area contributed by atoms with Gasteiger partial charge >= 0.3 is 0 Å². The van der Waals surface area contributed by atoms with Gasteiger partial charge in [0.25, 0.3) is 0 Å². The van der Waals surface area contributed by atoms with Crippen LogP contribution in [0.5, 0.6) is 0 Å². The molecule has 0 N–H and O–H groups in total. The summed E-state index contributed by atoms with van der Waals surface area (Å²) in [4.78, 5) is 10.9. The number of rotatable bonds is 5. The van der Waals surface area contributed by atoms with Crippen LogP contribution >= 0.6 is 23.1 Å². The molecule has 2 aromatic heterocycles. The lowest BCUT2D eigenvalue weighted by atomic mass is 9.93. The molecule has 0 aliphatic carbocycles. The highest BCUT2D eigenvalue weighted by Crippen LogP contribution is 2.46. The van der Waals surface area contributed by atoms with Crippen molar-refractivity contribution in [2.45, 2.75) is 30.4 Å². The zero-order valence-corrected chi connectivity index (χ0v) is 14.0. The Morgan fingerprint density at radius 1 is 1.27 bits per heavy atom. The van der Waals surface area contributed by atoms with E-state index >= 15 is 0 Å². The van der Waals surface area contributed by atoms with Gasteiger partial charge in [-0.3, -0.25) is 9.88 Å². The number of hydrogen-bond donors (Lipinski definition) is 0. The molecule has 4 heterocycles. The Morgan fingerprint density at radius 2 is 2.14 bits per heavy atom. The highest BCUT2D eigenvalue weighted by Gasteiger charge is 2.49. The van der Waals surface area contributed by atoms with Gasteiger partial charge in [-0.15, -0.1) is 23.1 Å². The topological polar surface area (TPSA) is 38.2 Å². The van der Waals surface area contributed by atoms with Gasteiger partial charge in [-0.25, -0.2) is 4.98 Å². The molecule has 6 heteroatoms. The first-order valence-electron chi connectivity index (χ1n) is 7.57. The van der Waals surface area contributed by atoms with E-state index in [9.17, 15) is 0 Å². The van der Waals surface area contributed by atoms with Gasteiger partial charge in [0.05, 0.1) is 19.3 Å². The third-order valence-corrected chi connectivity index (χ3v) is 6.62. The van der Waals surface area contributed by atoms with Crippen LogP contribution in [0.25, 0.3) is 0 Å². The summed E-state index contributed by atoms with van der Waals surface area (Å²) in [5.74, 6) is 1.12. The van der Waals surface area contributed by atoms with E-state index in [1.54, 1.807) is 11.3 Å². The molecular formula is C16H19N3OS2. The first-order valence-corrected chi connectivity index (χ1v) is 9.43. The van der Waals surface area contributed by atoms with Crippen molar-refractivity contribution in [3.05, 3.63) is 46.7 Å². The lowest BCUT2D eigenvalue weighted by molar-refractivity contribution is 0.0264. The van der Waals surface area contributed by atoms with Crippen LogP contribution in [0, 0.1) is 0 Å². The summed E-state index contributed by atoms with van der Waals surface area (Å²) in [5, 5.41) is 3.28. The smallest absolute Gasteiger partial charge is 0.107 e. The minimum absolute atomic E-state index is 0.389. The van der Waals surface area contributed by atoms with Crippen LogP contribution in [-0.4, -0.2) is 44.6 Å². The lowest BCUT2D eigenvalue weighted by Crippen LogP contribution is -2.58. The maximum atomic E-state index is 6.08. The molecule has 4 rings (SSSR count). The number of thiazole rings is 1. The molecule has 4 nitrogen and oxygen atoms in total. The molecule has 0 amide bonds. The first-order chi connectivity index (χ1) is 10.8.